The maximum absolute atomic E-state index is 13.0. The van der Waals surface area contributed by atoms with E-state index in [2.05, 4.69) is 21.2 Å². The average Bonchev–Trinajstić information content (AvgIpc) is 2.55. The lowest BCUT2D eigenvalue weighted by Crippen LogP contribution is -2.54. The molecule has 0 spiro atoms. The van der Waals surface area contributed by atoms with Crippen molar-refractivity contribution in [3.8, 4) is 0 Å². The van der Waals surface area contributed by atoms with Crippen molar-refractivity contribution < 1.29 is 18.8 Å². The van der Waals surface area contributed by atoms with Crippen LogP contribution in [0.25, 0.3) is 6.08 Å². The van der Waals surface area contributed by atoms with Crippen LogP contribution < -0.4 is 10.2 Å². The average molecular weight is 389 g/mol. The molecular formula is C17H10BrFN2O3. The second kappa shape index (κ2) is 6.37. The summed E-state index contributed by atoms with van der Waals surface area (Å²) >= 11 is 3.27. The van der Waals surface area contributed by atoms with Crippen molar-refractivity contribution in [2.75, 3.05) is 4.90 Å². The number of amides is 4. The quantitative estimate of drug-likeness (QED) is 0.634. The van der Waals surface area contributed by atoms with Crippen LogP contribution >= 0.6 is 15.9 Å². The van der Waals surface area contributed by atoms with Crippen LogP contribution in [0.3, 0.4) is 0 Å². The molecule has 1 saturated heterocycles. The molecular weight excluding hydrogens is 379 g/mol. The van der Waals surface area contributed by atoms with Gasteiger partial charge in [0.25, 0.3) is 11.8 Å². The lowest BCUT2D eigenvalue weighted by atomic mass is 10.1. The van der Waals surface area contributed by atoms with E-state index in [1.54, 1.807) is 24.3 Å². The summed E-state index contributed by atoms with van der Waals surface area (Å²) in [7, 11) is 0. The summed E-state index contributed by atoms with van der Waals surface area (Å²) < 4.78 is 13.7. The molecule has 2 aromatic rings. The monoisotopic (exact) mass is 388 g/mol. The molecule has 1 heterocycles. The van der Waals surface area contributed by atoms with Gasteiger partial charge in [0.1, 0.15) is 11.4 Å². The fraction of sp³-hybridized carbons (Fsp3) is 0. The highest BCUT2D eigenvalue weighted by atomic mass is 79.9. The molecule has 0 radical (unpaired) electrons. The van der Waals surface area contributed by atoms with Crippen molar-refractivity contribution >= 4 is 45.5 Å². The first-order valence-electron chi connectivity index (χ1n) is 6.88. The molecule has 0 bridgehead atoms. The van der Waals surface area contributed by atoms with Gasteiger partial charge in [-0.1, -0.05) is 28.1 Å². The number of hydrogen-bond donors (Lipinski definition) is 1. The Morgan fingerprint density at radius 3 is 2.21 bits per heavy atom. The van der Waals surface area contributed by atoms with Crippen LogP contribution in [-0.2, 0) is 9.59 Å². The van der Waals surface area contributed by atoms with Crippen LogP contribution in [-0.4, -0.2) is 17.8 Å². The van der Waals surface area contributed by atoms with Gasteiger partial charge in [-0.3, -0.25) is 14.9 Å². The van der Waals surface area contributed by atoms with Gasteiger partial charge in [-0.05, 0) is 48.0 Å². The third-order valence-electron chi connectivity index (χ3n) is 3.37. The molecule has 0 saturated carbocycles. The lowest BCUT2D eigenvalue weighted by Gasteiger charge is -2.26. The van der Waals surface area contributed by atoms with Gasteiger partial charge in [-0.15, -0.1) is 0 Å². The number of nitrogens with one attached hydrogen (secondary N) is 1. The van der Waals surface area contributed by atoms with E-state index in [-0.39, 0.29) is 5.57 Å². The zero-order valence-corrected chi connectivity index (χ0v) is 13.7. The van der Waals surface area contributed by atoms with Crippen molar-refractivity contribution in [3.63, 3.8) is 0 Å². The van der Waals surface area contributed by atoms with Crippen LogP contribution in [0.2, 0.25) is 0 Å². The van der Waals surface area contributed by atoms with E-state index in [0.717, 1.165) is 9.37 Å². The van der Waals surface area contributed by atoms with Crippen molar-refractivity contribution in [2.24, 2.45) is 0 Å². The van der Waals surface area contributed by atoms with Crippen LogP contribution in [0.4, 0.5) is 14.9 Å². The summed E-state index contributed by atoms with van der Waals surface area (Å²) in [5.41, 5.74) is 0.599. The van der Waals surface area contributed by atoms with Gasteiger partial charge in [-0.2, -0.15) is 0 Å². The van der Waals surface area contributed by atoms with Gasteiger partial charge >= 0.3 is 6.03 Å². The summed E-state index contributed by atoms with van der Waals surface area (Å²) in [4.78, 5) is 37.5. The van der Waals surface area contributed by atoms with Crippen LogP contribution in [0, 0.1) is 5.82 Å². The second-order valence-electron chi connectivity index (χ2n) is 4.99. The van der Waals surface area contributed by atoms with E-state index in [4.69, 9.17) is 0 Å². The Morgan fingerprint density at radius 1 is 0.958 bits per heavy atom. The molecule has 5 nitrogen and oxygen atoms in total. The molecule has 7 heteroatoms. The maximum Gasteiger partial charge on any atom is 0.335 e. The number of urea groups is 1. The van der Waals surface area contributed by atoms with Crippen molar-refractivity contribution in [2.45, 2.75) is 0 Å². The fourth-order valence-corrected chi connectivity index (χ4v) is 2.47. The lowest BCUT2D eigenvalue weighted by molar-refractivity contribution is -0.122. The Morgan fingerprint density at radius 2 is 1.58 bits per heavy atom. The minimum absolute atomic E-state index is 0.205. The number of barbiturate groups is 1. The minimum Gasteiger partial charge on any atom is -0.273 e. The minimum atomic E-state index is -0.816. The second-order valence-corrected chi connectivity index (χ2v) is 5.90. The summed E-state index contributed by atoms with van der Waals surface area (Å²) in [6.07, 6.45) is 1.31. The molecule has 1 aliphatic rings. The van der Waals surface area contributed by atoms with Gasteiger partial charge < -0.3 is 0 Å². The predicted molar refractivity (Wildman–Crippen MR) is 89.5 cm³/mol. The number of imide groups is 2. The number of halogens is 2. The molecule has 0 unspecified atom stereocenters. The smallest absolute Gasteiger partial charge is 0.273 e. The summed E-state index contributed by atoms with van der Waals surface area (Å²) in [5, 5.41) is 2.13. The van der Waals surface area contributed by atoms with Crippen LogP contribution in [0.15, 0.2) is 58.6 Å². The molecule has 4 amide bonds. The largest absolute Gasteiger partial charge is 0.335 e. The molecule has 120 valence electrons. The van der Waals surface area contributed by atoms with Crippen molar-refractivity contribution in [1.82, 2.24) is 5.32 Å². The highest BCUT2D eigenvalue weighted by molar-refractivity contribution is 9.10. The molecule has 1 N–H and O–H groups in total. The molecule has 0 aromatic heterocycles. The molecule has 2 aromatic carbocycles. The highest BCUT2D eigenvalue weighted by Gasteiger charge is 2.36. The van der Waals surface area contributed by atoms with E-state index in [9.17, 15) is 18.8 Å². The Labute approximate surface area is 144 Å². The van der Waals surface area contributed by atoms with Crippen LogP contribution in [0.1, 0.15) is 5.56 Å². The van der Waals surface area contributed by atoms with E-state index < -0.39 is 23.7 Å². The van der Waals surface area contributed by atoms with Crippen LogP contribution in [0.5, 0.6) is 0 Å². The summed E-state index contributed by atoms with van der Waals surface area (Å²) in [6.45, 7) is 0. The number of carbonyl (C=O) groups is 3. The standard InChI is InChI=1S/C17H10BrFN2O3/c18-11-3-7-13(8-4-11)21-16(23)14(15(22)20-17(21)24)9-10-1-5-12(19)6-2-10/h1-9H,(H,20,22,24). The molecule has 1 fully saturated rings. The van der Waals surface area contributed by atoms with Gasteiger partial charge in [0.05, 0.1) is 5.69 Å². The third-order valence-corrected chi connectivity index (χ3v) is 3.90. The van der Waals surface area contributed by atoms with Gasteiger partial charge in [0, 0.05) is 4.47 Å². The number of anilines is 1. The third kappa shape index (κ3) is 3.11. The van der Waals surface area contributed by atoms with Crippen molar-refractivity contribution in [1.29, 1.82) is 0 Å². The number of rotatable bonds is 2. The first-order valence-corrected chi connectivity index (χ1v) is 7.67. The zero-order chi connectivity index (χ0) is 17.3. The fourth-order valence-electron chi connectivity index (χ4n) is 2.21. The molecule has 0 atom stereocenters. The van der Waals surface area contributed by atoms with E-state index in [0.29, 0.717) is 11.3 Å². The summed E-state index contributed by atoms with van der Waals surface area (Å²) in [5.74, 6) is -1.96. The van der Waals surface area contributed by atoms with E-state index in [1.165, 1.54) is 30.3 Å². The van der Waals surface area contributed by atoms with E-state index in [1.807, 2.05) is 0 Å². The zero-order valence-electron chi connectivity index (χ0n) is 12.1. The van der Waals surface area contributed by atoms with Gasteiger partial charge in [0.15, 0.2) is 0 Å². The molecule has 1 aliphatic heterocycles. The summed E-state index contributed by atoms with van der Waals surface area (Å²) in [6, 6.07) is 11.0. The van der Waals surface area contributed by atoms with Gasteiger partial charge in [0.2, 0.25) is 0 Å². The Balaban J connectivity index is 1.99. The van der Waals surface area contributed by atoms with Gasteiger partial charge in [-0.25, -0.2) is 14.1 Å². The van der Waals surface area contributed by atoms with E-state index >= 15 is 0 Å². The predicted octanol–water partition coefficient (Wildman–Crippen LogP) is 3.25. The number of nitrogens with zero attached hydrogens (tertiary/aromatic N) is 1. The number of hydrogen-bond acceptors (Lipinski definition) is 3. The topological polar surface area (TPSA) is 66.5 Å². The van der Waals surface area contributed by atoms with Crippen molar-refractivity contribution in [3.05, 3.63) is 70.0 Å². The first kappa shape index (κ1) is 16.1. The molecule has 3 rings (SSSR count). The Kier molecular flexibility index (Phi) is 4.26. The number of carbonyl (C=O) groups excluding carboxylic acids is 3. The maximum atomic E-state index is 13.0. The molecule has 0 aliphatic carbocycles. The number of benzene rings is 2. The Hall–Kier alpha value is -2.80. The normalized spacial score (nSPS) is 16.5. The first-order chi connectivity index (χ1) is 11.5. The Bertz CT molecular complexity index is 860. The highest BCUT2D eigenvalue weighted by Crippen LogP contribution is 2.23. The molecule has 24 heavy (non-hydrogen) atoms. The SMILES string of the molecule is O=C1NC(=O)N(c2ccc(Br)cc2)C(=O)C1=Cc1ccc(F)cc1.